The lowest BCUT2D eigenvalue weighted by molar-refractivity contribution is -0.385. The highest BCUT2D eigenvalue weighted by Crippen LogP contribution is 2.33. The van der Waals surface area contributed by atoms with Crippen LogP contribution in [0.15, 0.2) is 108 Å². The summed E-state index contributed by atoms with van der Waals surface area (Å²) in [7, 11) is 1.56. The van der Waals surface area contributed by atoms with Crippen molar-refractivity contribution in [1.82, 2.24) is 9.66 Å². The summed E-state index contributed by atoms with van der Waals surface area (Å²) in [5.74, 6) is 1.16. The third-order valence-electron chi connectivity index (χ3n) is 6.62. The highest BCUT2D eigenvalue weighted by Gasteiger charge is 2.19. The molecule has 43 heavy (non-hydrogen) atoms. The number of nitro benzene ring substituents is 1. The standard InChI is InChI=1S/C31H20Br2N4O6/c1-41-26-7-4-8-27-22(26)15-29(43-27)30-35-24-6-3-2-5-21(24)31(38)36(30)34-16-18-9-12-28(25(13-18)37(39)40)42-17-19-10-11-20(32)14-23(19)33/h2-16H,17H2,1H3. The second-order valence-electron chi connectivity index (χ2n) is 9.31. The number of hydrogen-bond acceptors (Lipinski definition) is 8. The van der Waals surface area contributed by atoms with Gasteiger partial charge in [-0.2, -0.15) is 9.78 Å². The van der Waals surface area contributed by atoms with Gasteiger partial charge in [0.15, 0.2) is 11.5 Å². The number of benzene rings is 4. The van der Waals surface area contributed by atoms with Crippen LogP contribution in [-0.2, 0) is 6.61 Å². The smallest absolute Gasteiger partial charge is 0.311 e. The molecule has 0 radical (unpaired) electrons. The molecule has 0 aliphatic heterocycles. The maximum Gasteiger partial charge on any atom is 0.311 e. The van der Waals surface area contributed by atoms with E-state index in [9.17, 15) is 14.9 Å². The largest absolute Gasteiger partial charge is 0.496 e. The van der Waals surface area contributed by atoms with Crippen LogP contribution < -0.4 is 15.0 Å². The van der Waals surface area contributed by atoms with Crippen molar-refractivity contribution in [2.24, 2.45) is 5.10 Å². The number of para-hydroxylation sites is 1. The van der Waals surface area contributed by atoms with Crippen molar-refractivity contribution >= 4 is 65.6 Å². The van der Waals surface area contributed by atoms with Gasteiger partial charge in [0.25, 0.3) is 5.56 Å². The molecule has 0 spiro atoms. The molecular weight excluding hydrogens is 684 g/mol. The predicted octanol–water partition coefficient (Wildman–Crippen LogP) is 7.71. The molecule has 6 rings (SSSR count). The summed E-state index contributed by atoms with van der Waals surface area (Å²) < 4.78 is 20.1. The number of fused-ring (bicyclic) bond motifs is 2. The van der Waals surface area contributed by atoms with E-state index in [4.69, 9.17) is 13.9 Å². The van der Waals surface area contributed by atoms with Gasteiger partial charge in [-0.3, -0.25) is 14.9 Å². The van der Waals surface area contributed by atoms with E-state index in [1.165, 1.54) is 18.3 Å². The zero-order chi connectivity index (χ0) is 30.1. The van der Waals surface area contributed by atoms with Crippen LogP contribution in [0.25, 0.3) is 33.5 Å². The number of halogens is 2. The van der Waals surface area contributed by atoms with Crippen molar-refractivity contribution in [2.75, 3.05) is 7.11 Å². The Labute approximate surface area is 260 Å². The van der Waals surface area contributed by atoms with E-state index in [-0.39, 0.29) is 23.9 Å². The molecule has 0 amide bonds. The van der Waals surface area contributed by atoms with E-state index < -0.39 is 10.5 Å². The molecule has 2 heterocycles. The van der Waals surface area contributed by atoms with Crippen LogP contribution in [0, 0.1) is 10.1 Å². The summed E-state index contributed by atoms with van der Waals surface area (Å²) in [6.45, 7) is 0.117. The average Bonchev–Trinajstić information content (AvgIpc) is 3.45. The van der Waals surface area contributed by atoms with Crippen molar-refractivity contribution < 1.29 is 18.8 Å². The molecule has 12 heteroatoms. The molecule has 0 bridgehead atoms. The van der Waals surface area contributed by atoms with Crippen LogP contribution in [0.3, 0.4) is 0 Å². The Morgan fingerprint density at radius 1 is 1.00 bits per heavy atom. The summed E-state index contributed by atoms with van der Waals surface area (Å²) in [5.41, 5.74) is 1.54. The van der Waals surface area contributed by atoms with E-state index >= 15 is 0 Å². The second-order valence-corrected chi connectivity index (χ2v) is 11.1. The first kappa shape index (κ1) is 28.3. The number of aromatic nitrogens is 2. The van der Waals surface area contributed by atoms with E-state index in [2.05, 4.69) is 41.9 Å². The summed E-state index contributed by atoms with van der Waals surface area (Å²) in [4.78, 5) is 29.7. The normalized spacial score (nSPS) is 11.4. The van der Waals surface area contributed by atoms with E-state index in [1.54, 1.807) is 61.7 Å². The quantitative estimate of drug-likeness (QED) is 0.0904. The van der Waals surface area contributed by atoms with Crippen LogP contribution in [-0.4, -0.2) is 27.9 Å². The van der Waals surface area contributed by atoms with Gasteiger partial charge in [0.05, 0.1) is 34.5 Å². The SMILES string of the molecule is COc1cccc2oc(-c3nc4ccccc4c(=O)n3N=Cc3ccc(OCc4ccc(Br)cc4Br)c([N+](=O)[O-])c3)cc12. The molecule has 4 aromatic carbocycles. The Morgan fingerprint density at radius 3 is 2.63 bits per heavy atom. The predicted molar refractivity (Wildman–Crippen MR) is 170 cm³/mol. The van der Waals surface area contributed by atoms with Gasteiger partial charge in [-0.05, 0) is 54.6 Å². The van der Waals surface area contributed by atoms with Crippen molar-refractivity contribution in [3.8, 4) is 23.1 Å². The number of ether oxygens (including phenoxy) is 2. The zero-order valence-electron chi connectivity index (χ0n) is 22.4. The molecular formula is C31H20Br2N4O6. The van der Waals surface area contributed by atoms with Gasteiger partial charge in [0, 0.05) is 26.1 Å². The van der Waals surface area contributed by atoms with Gasteiger partial charge < -0.3 is 13.9 Å². The summed E-state index contributed by atoms with van der Waals surface area (Å²) >= 11 is 6.88. The number of hydrogen-bond donors (Lipinski definition) is 0. The fraction of sp³-hybridized carbons (Fsp3) is 0.0645. The first-order valence-electron chi connectivity index (χ1n) is 12.8. The van der Waals surface area contributed by atoms with Gasteiger partial charge >= 0.3 is 5.69 Å². The number of rotatable bonds is 8. The Bertz CT molecular complexity index is 2120. The molecule has 0 atom stereocenters. The molecule has 0 fully saturated rings. The molecule has 0 unspecified atom stereocenters. The molecule has 0 aliphatic rings. The van der Waals surface area contributed by atoms with Crippen LogP contribution in [0.4, 0.5) is 5.69 Å². The average molecular weight is 704 g/mol. The van der Waals surface area contributed by atoms with Crippen molar-refractivity contribution in [3.05, 3.63) is 125 Å². The summed E-state index contributed by atoms with van der Waals surface area (Å²) in [6, 6.07) is 24.1. The summed E-state index contributed by atoms with van der Waals surface area (Å²) in [5, 5.41) is 17.4. The van der Waals surface area contributed by atoms with Crippen LogP contribution in [0.5, 0.6) is 11.5 Å². The molecule has 0 aliphatic carbocycles. The van der Waals surface area contributed by atoms with E-state index in [0.717, 1.165) is 19.2 Å². The van der Waals surface area contributed by atoms with E-state index in [1.807, 2.05) is 18.2 Å². The van der Waals surface area contributed by atoms with Gasteiger partial charge in [-0.25, -0.2) is 4.98 Å². The Balaban J connectivity index is 1.39. The second kappa shape index (κ2) is 11.8. The van der Waals surface area contributed by atoms with Crippen LogP contribution >= 0.6 is 31.9 Å². The van der Waals surface area contributed by atoms with Gasteiger partial charge in [-0.1, -0.05) is 56.1 Å². The lowest BCUT2D eigenvalue weighted by atomic mass is 10.2. The number of methoxy groups -OCH3 is 1. The lowest BCUT2D eigenvalue weighted by Gasteiger charge is -2.09. The molecule has 2 aromatic heterocycles. The van der Waals surface area contributed by atoms with Crippen molar-refractivity contribution in [1.29, 1.82) is 0 Å². The third kappa shape index (κ3) is 5.66. The number of nitrogens with zero attached hydrogens (tertiary/aromatic N) is 4. The highest BCUT2D eigenvalue weighted by molar-refractivity contribution is 9.11. The molecule has 0 saturated carbocycles. The summed E-state index contributed by atoms with van der Waals surface area (Å²) in [6.07, 6.45) is 1.35. The van der Waals surface area contributed by atoms with Gasteiger partial charge in [-0.15, -0.1) is 0 Å². The number of furan rings is 1. The fourth-order valence-electron chi connectivity index (χ4n) is 4.51. The number of nitro groups is 1. The minimum absolute atomic E-state index is 0.0958. The minimum atomic E-state index is -0.528. The molecule has 0 saturated heterocycles. The molecule has 10 nitrogen and oxygen atoms in total. The molecule has 0 N–H and O–H groups in total. The maximum atomic E-state index is 13.6. The van der Waals surface area contributed by atoms with Gasteiger partial charge in [0.1, 0.15) is 17.9 Å². The van der Waals surface area contributed by atoms with Crippen LogP contribution in [0.2, 0.25) is 0 Å². The lowest BCUT2D eigenvalue weighted by Crippen LogP contribution is -2.20. The minimum Gasteiger partial charge on any atom is -0.496 e. The van der Waals surface area contributed by atoms with Crippen molar-refractivity contribution in [2.45, 2.75) is 6.61 Å². The maximum absolute atomic E-state index is 13.6. The first-order valence-corrected chi connectivity index (χ1v) is 14.4. The third-order valence-corrected chi connectivity index (χ3v) is 7.85. The molecule has 6 aromatic rings. The monoisotopic (exact) mass is 702 g/mol. The Hall–Kier alpha value is -4.81. The first-order chi connectivity index (χ1) is 20.8. The highest BCUT2D eigenvalue weighted by atomic mass is 79.9. The molecule has 214 valence electrons. The topological polar surface area (TPSA) is 122 Å². The fourth-order valence-corrected chi connectivity index (χ4v) is 5.67. The van der Waals surface area contributed by atoms with E-state index in [0.29, 0.717) is 38.9 Å². The van der Waals surface area contributed by atoms with Crippen molar-refractivity contribution in [3.63, 3.8) is 0 Å². The van der Waals surface area contributed by atoms with Crippen LogP contribution in [0.1, 0.15) is 11.1 Å². The van der Waals surface area contributed by atoms with Gasteiger partial charge in [0.2, 0.25) is 5.82 Å². The zero-order valence-corrected chi connectivity index (χ0v) is 25.5. The Morgan fingerprint density at radius 2 is 1.84 bits per heavy atom. The Kier molecular flexibility index (Phi) is 7.78.